The van der Waals surface area contributed by atoms with E-state index < -0.39 is 6.04 Å². The summed E-state index contributed by atoms with van der Waals surface area (Å²) in [5.74, 6) is 0.887. The third-order valence-corrected chi connectivity index (χ3v) is 4.34. The highest BCUT2D eigenvalue weighted by molar-refractivity contribution is 5.96. The Bertz CT molecular complexity index is 928. The van der Waals surface area contributed by atoms with Gasteiger partial charge < -0.3 is 18.9 Å². The molecule has 1 amide bonds. The van der Waals surface area contributed by atoms with Gasteiger partial charge in [0.25, 0.3) is 11.8 Å². The fourth-order valence-corrected chi connectivity index (χ4v) is 3.00. The molecule has 1 saturated heterocycles. The van der Waals surface area contributed by atoms with Gasteiger partial charge in [0.05, 0.1) is 20.3 Å². The Hall–Kier alpha value is -3.26. The number of carbonyl (C=O) groups excluding carboxylic acids is 1. The Labute approximate surface area is 155 Å². The average Bonchev–Trinajstić information content (AvgIpc) is 3.24. The molecule has 1 fully saturated rings. The van der Waals surface area contributed by atoms with E-state index in [1.54, 1.807) is 23.2 Å². The molecule has 1 aromatic carbocycles. The van der Waals surface area contributed by atoms with E-state index in [4.69, 9.17) is 14.0 Å². The maximum absolute atomic E-state index is 13.1. The van der Waals surface area contributed by atoms with E-state index in [2.05, 4.69) is 15.1 Å². The Morgan fingerprint density at radius 3 is 2.89 bits per heavy atom. The summed E-state index contributed by atoms with van der Waals surface area (Å²) in [6.07, 6.45) is 1.58. The first-order chi connectivity index (χ1) is 13.3. The van der Waals surface area contributed by atoms with Gasteiger partial charge in [-0.3, -0.25) is 4.79 Å². The molecule has 0 spiro atoms. The monoisotopic (exact) mass is 366 g/mol. The summed E-state index contributed by atoms with van der Waals surface area (Å²) in [4.78, 5) is 23.4. The summed E-state index contributed by atoms with van der Waals surface area (Å²) < 4.78 is 16.2. The molecule has 4 rings (SSSR count). The topological polar surface area (TPSA) is 90.6 Å². The molecule has 8 heteroatoms. The Kier molecular flexibility index (Phi) is 4.80. The van der Waals surface area contributed by atoms with E-state index in [9.17, 15) is 4.79 Å². The number of nitrogens with zero attached hydrogens (tertiary/aromatic N) is 4. The van der Waals surface area contributed by atoms with Crippen LogP contribution in [0.15, 0.2) is 53.2 Å². The van der Waals surface area contributed by atoms with Crippen LogP contribution in [0.1, 0.15) is 22.2 Å². The summed E-state index contributed by atoms with van der Waals surface area (Å²) in [5.41, 5.74) is 1.21. The molecule has 0 bridgehead atoms. The first-order valence-corrected chi connectivity index (χ1v) is 8.54. The van der Waals surface area contributed by atoms with Gasteiger partial charge in [-0.15, -0.1) is 0 Å². The Morgan fingerprint density at radius 1 is 1.22 bits per heavy atom. The van der Waals surface area contributed by atoms with Crippen LogP contribution in [0, 0.1) is 0 Å². The van der Waals surface area contributed by atoms with Gasteiger partial charge in [-0.05, 0) is 24.3 Å². The molecule has 1 aliphatic heterocycles. The SMILES string of the molecule is COc1ncccc1C(=O)N1CCOCC1c1noc(-c2ccccc2)n1. The highest BCUT2D eigenvalue weighted by atomic mass is 16.5. The van der Waals surface area contributed by atoms with Crippen LogP contribution in [0.5, 0.6) is 5.88 Å². The van der Waals surface area contributed by atoms with Crippen LogP contribution in [-0.4, -0.2) is 52.8 Å². The van der Waals surface area contributed by atoms with Gasteiger partial charge in [-0.2, -0.15) is 4.98 Å². The van der Waals surface area contributed by atoms with Crippen LogP contribution >= 0.6 is 0 Å². The van der Waals surface area contributed by atoms with Gasteiger partial charge in [0.15, 0.2) is 5.82 Å². The molecule has 1 unspecified atom stereocenters. The van der Waals surface area contributed by atoms with Crippen molar-refractivity contribution in [3.05, 3.63) is 60.0 Å². The summed E-state index contributed by atoms with van der Waals surface area (Å²) in [7, 11) is 1.49. The molecule has 0 saturated carbocycles. The lowest BCUT2D eigenvalue weighted by molar-refractivity contribution is -0.00594. The maximum Gasteiger partial charge on any atom is 0.260 e. The number of benzene rings is 1. The number of carbonyl (C=O) groups is 1. The Balaban J connectivity index is 1.63. The van der Waals surface area contributed by atoms with Gasteiger partial charge in [0.2, 0.25) is 5.88 Å². The molecular weight excluding hydrogens is 348 g/mol. The number of aromatic nitrogens is 3. The number of hydrogen-bond donors (Lipinski definition) is 0. The van der Waals surface area contributed by atoms with Crippen molar-refractivity contribution >= 4 is 5.91 Å². The van der Waals surface area contributed by atoms with Crippen molar-refractivity contribution in [2.24, 2.45) is 0 Å². The lowest BCUT2D eigenvalue weighted by Crippen LogP contribution is -2.44. The third-order valence-electron chi connectivity index (χ3n) is 4.34. The summed E-state index contributed by atoms with van der Waals surface area (Å²) in [6, 6.07) is 12.4. The number of ether oxygens (including phenoxy) is 2. The highest BCUT2D eigenvalue weighted by Gasteiger charge is 2.34. The molecule has 0 radical (unpaired) electrons. The molecule has 0 aliphatic carbocycles. The summed E-state index contributed by atoms with van der Waals surface area (Å²) in [5, 5.41) is 4.08. The molecular formula is C19H18N4O4. The van der Waals surface area contributed by atoms with Crippen molar-refractivity contribution in [2.75, 3.05) is 26.9 Å². The molecule has 1 atom stereocenters. The maximum atomic E-state index is 13.1. The van der Waals surface area contributed by atoms with E-state index in [0.29, 0.717) is 37.0 Å². The quantitative estimate of drug-likeness (QED) is 0.700. The van der Waals surface area contributed by atoms with Crippen molar-refractivity contribution < 1.29 is 18.8 Å². The van der Waals surface area contributed by atoms with Crippen LogP contribution < -0.4 is 4.74 Å². The van der Waals surface area contributed by atoms with Crippen molar-refractivity contribution in [1.29, 1.82) is 0 Å². The lowest BCUT2D eigenvalue weighted by Gasteiger charge is -2.33. The van der Waals surface area contributed by atoms with Gasteiger partial charge in [-0.1, -0.05) is 23.4 Å². The smallest absolute Gasteiger partial charge is 0.260 e. The van der Waals surface area contributed by atoms with E-state index >= 15 is 0 Å². The largest absolute Gasteiger partial charge is 0.480 e. The van der Waals surface area contributed by atoms with Crippen LogP contribution in [0.25, 0.3) is 11.5 Å². The van der Waals surface area contributed by atoms with E-state index in [1.807, 2.05) is 30.3 Å². The van der Waals surface area contributed by atoms with Crippen LogP contribution in [-0.2, 0) is 4.74 Å². The predicted molar refractivity (Wildman–Crippen MR) is 95.1 cm³/mol. The zero-order valence-corrected chi connectivity index (χ0v) is 14.7. The minimum absolute atomic E-state index is 0.209. The standard InChI is InChI=1S/C19H18N4O4/c1-25-18-14(8-5-9-20-18)19(24)23-10-11-26-12-15(23)16-21-17(27-22-16)13-6-3-2-4-7-13/h2-9,15H,10-12H2,1H3. The van der Waals surface area contributed by atoms with Crippen molar-refractivity contribution in [3.63, 3.8) is 0 Å². The number of hydrogen-bond acceptors (Lipinski definition) is 7. The minimum atomic E-state index is -0.447. The van der Waals surface area contributed by atoms with Gasteiger partial charge >= 0.3 is 0 Å². The number of morpholine rings is 1. The first-order valence-electron chi connectivity index (χ1n) is 8.54. The minimum Gasteiger partial charge on any atom is -0.480 e. The molecule has 2 aromatic heterocycles. The number of rotatable bonds is 4. The molecule has 138 valence electrons. The van der Waals surface area contributed by atoms with Gasteiger partial charge in [0, 0.05) is 18.3 Å². The van der Waals surface area contributed by atoms with Crippen LogP contribution in [0.3, 0.4) is 0 Å². The van der Waals surface area contributed by atoms with Gasteiger partial charge in [0.1, 0.15) is 11.6 Å². The third kappa shape index (κ3) is 3.39. The fourth-order valence-electron chi connectivity index (χ4n) is 3.00. The second kappa shape index (κ2) is 7.55. The van der Waals surface area contributed by atoms with Gasteiger partial charge in [-0.25, -0.2) is 4.98 Å². The highest BCUT2D eigenvalue weighted by Crippen LogP contribution is 2.28. The summed E-state index contributed by atoms with van der Waals surface area (Å²) >= 11 is 0. The van der Waals surface area contributed by atoms with Crippen molar-refractivity contribution in [1.82, 2.24) is 20.0 Å². The fraction of sp³-hybridized carbons (Fsp3) is 0.263. The second-order valence-corrected chi connectivity index (χ2v) is 5.97. The van der Waals surface area contributed by atoms with Crippen molar-refractivity contribution in [3.8, 4) is 17.3 Å². The molecule has 0 N–H and O–H groups in total. The molecule has 27 heavy (non-hydrogen) atoms. The number of pyridine rings is 1. The zero-order valence-electron chi connectivity index (χ0n) is 14.7. The molecule has 3 aromatic rings. The molecule has 1 aliphatic rings. The first kappa shape index (κ1) is 17.2. The van der Waals surface area contributed by atoms with Crippen LogP contribution in [0.4, 0.5) is 0 Å². The molecule has 3 heterocycles. The van der Waals surface area contributed by atoms with E-state index in [-0.39, 0.29) is 11.8 Å². The van der Waals surface area contributed by atoms with Crippen molar-refractivity contribution in [2.45, 2.75) is 6.04 Å². The van der Waals surface area contributed by atoms with Crippen LogP contribution in [0.2, 0.25) is 0 Å². The predicted octanol–water partition coefficient (Wildman–Crippen LogP) is 2.35. The van der Waals surface area contributed by atoms with E-state index in [0.717, 1.165) is 5.56 Å². The number of methoxy groups -OCH3 is 1. The average molecular weight is 366 g/mol. The molecule has 8 nitrogen and oxygen atoms in total. The van der Waals surface area contributed by atoms with E-state index in [1.165, 1.54) is 7.11 Å². The summed E-state index contributed by atoms with van der Waals surface area (Å²) in [6.45, 7) is 1.15. The zero-order chi connectivity index (χ0) is 18.6. The normalized spacial score (nSPS) is 16.9. The second-order valence-electron chi connectivity index (χ2n) is 5.97. The number of amides is 1. The Morgan fingerprint density at radius 2 is 2.07 bits per heavy atom. The lowest BCUT2D eigenvalue weighted by atomic mass is 10.1.